The number of benzene rings is 1. The van der Waals surface area contributed by atoms with Gasteiger partial charge in [0.25, 0.3) is 5.91 Å². The number of terminal acetylenes is 1. The predicted octanol–water partition coefficient (Wildman–Crippen LogP) is 1.36. The standard InChI is InChI=1S/C14H17FN2O2/c1-4-7-17-14(18)10(3)19-11-5-6-12(9(2)16)13(15)8-11/h1,5-6,8-10H,7,16H2,2-3H3,(H,17,18)/t9-,10?/m1/s1. The lowest BCUT2D eigenvalue weighted by molar-refractivity contribution is -0.127. The zero-order chi connectivity index (χ0) is 14.4. The predicted molar refractivity (Wildman–Crippen MR) is 70.9 cm³/mol. The van der Waals surface area contributed by atoms with Crippen LogP contribution in [0.5, 0.6) is 5.75 Å². The second-order valence-electron chi connectivity index (χ2n) is 4.15. The van der Waals surface area contributed by atoms with Gasteiger partial charge in [0.2, 0.25) is 0 Å². The molecule has 0 heterocycles. The molecule has 3 N–H and O–H groups in total. The van der Waals surface area contributed by atoms with E-state index in [0.29, 0.717) is 5.56 Å². The molecule has 1 aromatic rings. The molecule has 0 radical (unpaired) electrons. The highest BCUT2D eigenvalue weighted by molar-refractivity contribution is 5.80. The van der Waals surface area contributed by atoms with Crippen LogP contribution in [0.1, 0.15) is 25.5 Å². The SMILES string of the molecule is C#CCNC(=O)C(C)Oc1ccc([C@@H](C)N)c(F)c1. The second kappa shape index (κ2) is 6.76. The summed E-state index contributed by atoms with van der Waals surface area (Å²) in [7, 11) is 0. The lowest BCUT2D eigenvalue weighted by Crippen LogP contribution is -2.36. The van der Waals surface area contributed by atoms with Crippen LogP contribution in [-0.2, 0) is 4.79 Å². The molecule has 0 aliphatic carbocycles. The Kier molecular flexibility index (Phi) is 5.34. The molecule has 1 amide bonds. The number of rotatable bonds is 5. The van der Waals surface area contributed by atoms with Crippen molar-refractivity contribution in [3.8, 4) is 18.1 Å². The maximum atomic E-state index is 13.7. The Morgan fingerprint density at radius 1 is 1.58 bits per heavy atom. The first-order chi connectivity index (χ1) is 8.95. The molecule has 0 fully saturated rings. The van der Waals surface area contributed by atoms with E-state index < -0.39 is 18.0 Å². The van der Waals surface area contributed by atoms with Crippen molar-refractivity contribution in [3.63, 3.8) is 0 Å². The molecule has 0 aromatic heterocycles. The van der Waals surface area contributed by atoms with Gasteiger partial charge in [0, 0.05) is 17.7 Å². The lowest BCUT2D eigenvalue weighted by atomic mass is 10.1. The van der Waals surface area contributed by atoms with Crippen molar-refractivity contribution in [1.82, 2.24) is 5.32 Å². The minimum absolute atomic E-state index is 0.129. The van der Waals surface area contributed by atoms with Crippen molar-refractivity contribution >= 4 is 5.91 Å². The summed E-state index contributed by atoms with van der Waals surface area (Å²) >= 11 is 0. The van der Waals surface area contributed by atoms with Crippen LogP contribution in [0.3, 0.4) is 0 Å². The number of carbonyl (C=O) groups excluding carboxylic acids is 1. The summed E-state index contributed by atoms with van der Waals surface area (Å²) in [5.74, 6) is 1.75. The van der Waals surface area contributed by atoms with Gasteiger partial charge in [-0.15, -0.1) is 6.42 Å². The summed E-state index contributed by atoms with van der Waals surface area (Å²) in [6.45, 7) is 3.38. The van der Waals surface area contributed by atoms with Crippen LogP contribution in [0.2, 0.25) is 0 Å². The van der Waals surface area contributed by atoms with Crippen molar-refractivity contribution < 1.29 is 13.9 Å². The Labute approximate surface area is 112 Å². The fourth-order valence-corrected chi connectivity index (χ4v) is 1.49. The van der Waals surface area contributed by atoms with Crippen molar-refractivity contribution in [3.05, 3.63) is 29.6 Å². The van der Waals surface area contributed by atoms with E-state index in [1.54, 1.807) is 26.0 Å². The minimum Gasteiger partial charge on any atom is -0.481 e. The van der Waals surface area contributed by atoms with Gasteiger partial charge in [-0.05, 0) is 19.9 Å². The molecule has 0 aliphatic heterocycles. The van der Waals surface area contributed by atoms with Gasteiger partial charge in [0.05, 0.1) is 6.54 Å². The van der Waals surface area contributed by atoms with Gasteiger partial charge >= 0.3 is 0 Å². The molecule has 2 atom stereocenters. The third kappa shape index (κ3) is 4.27. The number of carbonyl (C=O) groups is 1. The zero-order valence-electron chi connectivity index (χ0n) is 10.9. The average molecular weight is 264 g/mol. The average Bonchev–Trinajstić information content (AvgIpc) is 2.35. The Morgan fingerprint density at radius 2 is 2.26 bits per heavy atom. The highest BCUT2D eigenvalue weighted by Gasteiger charge is 2.15. The van der Waals surface area contributed by atoms with Crippen LogP contribution in [0, 0.1) is 18.2 Å². The quantitative estimate of drug-likeness (QED) is 0.789. The van der Waals surface area contributed by atoms with Crippen LogP contribution >= 0.6 is 0 Å². The molecule has 0 saturated heterocycles. The number of nitrogens with one attached hydrogen (secondary N) is 1. The van der Waals surface area contributed by atoms with Crippen molar-refractivity contribution in [2.24, 2.45) is 5.73 Å². The molecule has 0 saturated carbocycles. The molecule has 1 rings (SSSR count). The minimum atomic E-state index is -0.756. The van der Waals surface area contributed by atoms with Crippen molar-refractivity contribution in [1.29, 1.82) is 0 Å². The van der Waals surface area contributed by atoms with E-state index in [2.05, 4.69) is 11.2 Å². The number of ether oxygens (including phenoxy) is 1. The van der Waals surface area contributed by atoms with Crippen LogP contribution in [0.4, 0.5) is 4.39 Å². The Bertz CT molecular complexity index is 495. The topological polar surface area (TPSA) is 64.3 Å². The third-order valence-corrected chi connectivity index (χ3v) is 2.51. The first kappa shape index (κ1) is 15.0. The van der Waals surface area contributed by atoms with E-state index >= 15 is 0 Å². The van der Waals surface area contributed by atoms with Crippen LogP contribution in [0.15, 0.2) is 18.2 Å². The molecule has 4 nitrogen and oxygen atoms in total. The van der Waals surface area contributed by atoms with E-state index in [-0.39, 0.29) is 18.2 Å². The molecule has 0 aliphatic rings. The largest absolute Gasteiger partial charge is 0.481 e. The van der Waals surface area contributed by atoms with E-state index in [4.69, 9.17) is 16.9 Å². The van der Waals surface area contributed by atoms with Gasteiger partial charge in [0.15, 0.2) is 6.10 Å². The molecule has 19 heavy (non-hydrogen) atoms. The maximum Gasteiger partial charge on any atom is 0.261 e. The molecule has 5 heteroatoms. The van der Waals surface area contributed by atoms with E-state index in [1.165, 1.54) is 6.07 Å². The monoisotopic (exact) mass is 264 g/mol. The van der Waals surface area contributed by atoms with Crippen molar-refractivity contribution in [2.45, 2.75) is 26.0 Å². The number of halogens is 1. The van der Waals surface area contributed by atoms with Gasteiger partial charge in [-0.25, -0.2) is 4.39 Å². The van der Waals surface area contributed by atoms with Crippen molar-refractivity contribution in [2.75, 3.05) is 6.54 Å². The fraction of sp³-hybridized carbons (Fsp3) is 0.357. The molecular weight excluding hydrogens is 247 g/mol. The molecule has 1 aromatic carbocycles. The number of hydrogen-bond acceptors (Lipinski definition) is 3. The molecule has 0 bridgehead atoms. The maximum absolute atomic E-state index is 13.7. The van der Waals surface area contributed by atoms with Crippen LogP contribution < -0.4 is 15.8 Å². The highest BCUT2D eigenvalue weighted by atomic mass is 19.1. The molecule has 1 unspecified atom stereocenters. The van der Waals surface area contributed by atoms with Gasteiger partial charge < -0.3 is 15.8 Å². The summed E-state index contributed by atoms with van der Waals surface area (Å²) in [6.07, 6.45) is 4.27. The Morgan fingerprint density at radius 3 is 2.79 bits per heavy atom. The Balaban J connectivity index is 2.70. The van der Waals surface area contributed by atoms with Gasteiger partial charge in [-0.3, -0.25) is 4.79 Å². The fourth-order valence-electron chi connectivity index (χ4n) is 1.49. The smallest absolute Gasteiger partial charge is 0.261 e. The van der Waals surface area contributed by atoms with Gasteiger partial charge in [-0.1, -0.05) is 12.0 Å². The van der Waals surface area contributed by atoms with Gasteiger partial charge in [0.1, 0.15) is 11.6 Å². The summed E-state index contributed by atoms with van der Waals surface area (Å²) in [5, 5.41) is 2.48. The summed E-state index contributed by atoms with van der Waals surface area (Å²) < 4.78 is 19.0. The third-order valence-electron chi connectivity index (χ3n) is 2.51. The zero-order valence-corrected chi connectivity index (χ0v) is 10.9. The summed E-state index contributed by atoms with van der Waals surface area (Å²) in [6, 6.07) is 3.93. The first-order valence-electron chi connectivity index (χ1n) is 5.88. The molecular formula is C14H17FN2O2. The number of amides is 1. The van der Waals surface area contributed by atoms with Gasteiger partial charge in [-0.2, -0.15) is 0 Å². The molecule has 102 valence electrons. The first-order valence-corrected chi connectivity index (χ1v) is 5.88. The summed E-state index contributed by atoms with van der Waals surface area (Å²) in [4.78, 5) is 11.5. The van der Waals surface area contributed by atoms with E-state index in [0.717, 1.165) is 0 Å². The normalized spacial score (nSPS) is 13.2. The second-order valence-corrected chi connectivity index (χ2v) is 4.15. The van der Waals surface area contributed by atoms with Crippen LogP contribution in [0.25, 0.3) is 0 Å². The highest BCUT2D eigenvalue weighted by Crippen LogP contribution is 2.21. The van der Waals surface area contributed by atoms with E-state index in [9.17, 15) is 9.18 Å². The summed E-state index contributed by atoms with van der Waals surface area (Å²) in [5.41, 5.74) is 6.01. The number of hydrogen-bond donors (Lipinski definition) is 2. The Hall–Kier alpha value is -2.06. The number of nitrogens with two attached hydrogens (primary N) is 1. The lowest BCUT2D eigenvalue weighted by Gasteiger charge is -2.15. The molecule has 0 spiro atoms. The van der Waals surface area contributed by atoms with E-state index in [1.807, 2.05) is 0 Å². The van der Waals surface area contributed by atoms with Crippen LogP contribution in [-0.4, -0.2) is 18.6 Å².